The molecule has 92 valence electrons. The minimum Gasteiger partial charge on any atom is -0.452 e. The van der Waals surface area contributed by atoms with Gasteiger partial charge in [0.2, 0.25) is 11.1 Å². The molecule has 1 N–H and O–H groups in total. The molecule has 17 heavy (non-hydrogen) atoms. The highest BCUT2D eigenvalue weighted by Crippen LogP contribution is 2.27. The van der Waals surface area contributed by atoms with E-state index in [0.29, 0.717) is 24.6 Å². The molecule has 0 aliphatic rings. The topological polar surface area (TPSA) is 60.4 Å². The van der Waals surface area contributed by atoms with Crippen molar-refractivity contribution < 1.29 is 13.6 Å². The highest BCUT2D eigenvalue weighted by Gasteiger charge is 2.12. The molecule has 0 fully saturated rings. The van der Waals surface area contributed by atoms with Gasteiger partial charge >= 0.3 is 0 Å². The van der Waals surface area contributed by atoms with Crippen LogP contribution in [0.15, 0.2) is 27.4 Å². The second-order valence-corrected chi connectivity index (χ2v) is 3.76. The summed E-state index contributed by atoms with van der Waals surface area (Å²) in [4.78, 5) is 4.30. The number of aromatic nitrogens is 1. The molecule has 2 heterocycles. The first-order valence-electron chi connectivity index (χ1n) is 5.18. The van der Waals surface area contributed by atoms with Crippen molar-refractivity contribution in [2.45, 2.75) is 6.54 Å². The molecule has 2 rings (SSSR count). The number of hydrogen-bond acceptors (Lipinski definition) is 5. The van der Waals surface area contributed by atoms with E-state index in [-0.39, 0.29) is 5.22 Å². The summed E-state index contributed by atoms with van der Waals surface area (Å²) in [5, 5.41) is 3.46. The van der Waals surface area contributed by atoms with Crippen molar-refractivity contribution in [2.75, 3.05) is 20.3 Å². The average molecular weight is 257 g/mol. The van der Waals surface area contributed by atoms with Gasteiger partial charge in [-0.2, -0.15) is 0 Å². The SMILES string of the molecule is COCCNCc1coc(-c2ccoc2Cl)n1. The maximum absolute atomic E-state index is 5.83. The lowest BCUT2D eigenvalue weighted by molar-refractivity contribution is 0.199. The zero-order valence-electron chi connectivity index (χ0n) is 9.40. The van der Waals surface area contributed by atoms with E-state index in [1.54, 1.807) is 19.4 Å². The van der Waals surface area contributed by atoms with Crippen LogP contribution in [0.2, 0.25) is 5.22 Å². The van der Waals surface area contributed by atoms with E-state index in [1.807, 2.05) is 0 Å². The predicted octanol–water partition coefficient (Wildman–Crippen LogP) is 2.32. The third-order valence-electron chi connectivity index (χ3n) is 2.19. The molecule has 0 amide bonds. The monoisotopic (exact) mass is 256 g/mol. The number of rotatable bonds is 6. The predicted molar refractivity (Wildman–Crippen MR) is 62.8 cm³/mol. The Hall–Kier alpha value is -1.30. The molecule has 0 unspecified atom stereocenters. The molecule has 0 atom stereocenters. The van der Waals surface area contributed by atoms with Crippen molar-refractivity contribution >= 4 is 11.6 Å². The molecule has 0 aliphatic heterocycles. The van der Waals surface area contributed by atoms with Gasteiger partial charge in [-0.1, -0.05) is 0 Å². The van der Waals surface area contributed by atoms with Gasteiger partial charge in [0.25, 0.3) is 0 Å². The molecule has 5 nitrogen and oxygen atoms in total. The van der Waals surface area contributed by atoms with Crippen LogP contribution in [0.25, 0.3) is 11.5 Å². The van der Waals surface area contributed by atoms with Crippen molar-refractivity contribution in [1.29, 1.82) is 0 Å². The number of methoxy groups -OCH3 is 1. The lowest BCUT2D eigenvalue weighted by atomic mass is 10.3. The normalized spacial score (nSPS) is 10.9. The molecule has 0 aliphatic carbocycles. The van der Waals surface area contributed by atoms with Gasteiger partial charge in [-0.15, -0.1) is 0 Å². The minimum absolute atomic E-state index is 0.283. The molecular formula is C11H13ClN2O3. The summed E-state index contributed by atoms with van der Waals surface area (Å²) >= 11 is 5.83. The minimum atomic E-state index is 0.283. The van der Waals surface area contributed by atoms with Gasteiger partial charge in [0.05, 0.1) is 24.1 Å². The van der Waals surface area contributed by atoms with Crippen molar-refractivity contribution in [1.82, 2.24) is 10.3 Å². The molecule has 2 aromatic rings. The lowest BCUT2D eigenvalue weighted by Crippen LogP contribution is -2.18. The quantitative estimate of drug-likeness (QED) is 0.804. The van der Waals surface area contributed by atoms with Crippen LogP contribution in [0.5, 0.6) is 0 Å². The summed E-state index contributed by atoms with van der Waals surface area (Å²) in [6.07, 6.45) is 3.09. The zero-order chi connectivity index (χ0) is 12.1. The lowest BCUT2D eigenvalue weighted by Gasteiger charge is -1.99. The maximum atomic E-state index is 5.83. The van der Waals surface area contributed by atoms with Crippen LogP contribution in [0, 0.1) is 0 Å². The second-order valence-electron chi connectivity index (χ2n) is 3.42. The van der Waals surface area contributed by atoms with Crippen LogP contribution in [-0.2, 0) is 11.3 Å². The highest BCUT2D eigenvalue weighted by molar-refractivity contribution is 6.31. The van der Waals surface area contributed by atoms with Crippen LogP contribution in [0.4, 0.5) is 0 Å². The summed E-state index contributed by atoms with van der Waals surface area (Å²) < 4.78 is 15.2. The van der Waals surface area contributed by atoms with E-state index < -0.39 is 0 Å². The van der Waals surface area contributed by atoms with Crippen molar-refractivity contribution in [2.24, 2.45) is 0 Å². The van der Waals surface area contributed by atoms with Crippen molar-refractivity contribution in [3.63, 3.8) is 0 Å². The van der Waals surface area contributed by atoms with Gasteiger partial charge in [-0.05, 0) is 17.7 Å². The number of oxazole rings is 1. The fourth-order valence-electron chi connectivity index (χ4n) is 1.35. The van der Waals surface area contributed by atoms with Crippen LogP contribution in [0.1, 0.15) is 5.69 Å². The van der Waals surface area contributed by atoms with Gasteiger partial charge in [-0.3, -0.25) is 0 Å². The van der Waals surface area contributed by atoms with E-state index in [2.05, 4.69) is 10.3 Å². The molecular weight excluding hydrogens is 244 g/mol. The first-order valence-corrected chi connectivity index (χ1v) is 5.56. The van der Waals surface area contributed by atoms with E-state index in [4.69, 9.17) is 25.2 Å². The molecule has 0 bridgehead atoms. The van der Waals surface area contributed by atoms with Gasteiger partial charge < -0.3 is 18.9 Å². The first kappa shape index (κ1) is 12.2. The van der Waals surface area contributed by atoms with Crippen LogP contribution in [-0.4, -0.2) is 25.2 Å². The molecule has 0 saturated carbocycles. The fraction of sp³-hybridized carbons (Fsp3) is 0.364. The molecule has 0 radical (unpaired) electrons. The standard InChI is InChI=1S/C11H13ClN2O3/c1-15-5-3-13-6-8-7-17-11(14-8)9-2-4-16-10(9)12/h2,4,7,13H,3,5-6H2,1H3. The summed E-state index contributed by atoms with van der Waals surface area (Å²) in [6, 6.07) is 1.72. The second kappa shape index (κ2) is 5.86. The first-order chi connectivity index (χ1) is 8.31. The van der Waals surface area contributed by atoms with E-state index in [9.17, 15) is 0 Å². The Balaban J connectivity index is 1.95. The average Bonchev–Trinajstić information content (AvgIpc) is 2.93. The largest absolute Gasteiger partial charge is 0.452 e. The van der Waals surface area contributed by atoms with E-state index >= 15 is 0 Å². The Morgan fingerprint density at radius 2 is 2.35 bits per heavy atom. The number of hydrogen-bond donors (Lipinski definition) is 1. The van der Waals surface area contributed by atoms with Crippen LogP contribution < -0.4 is 5.32 Å². The third kappa shape index (κ3) is 3.09. The Bertz CT molecular complexity index is 467. The summed E-state index contributed by atoms with van der Waals surface area (Å²) in [6.45, 7) is 2.06. The smallest absolute Gasteiger partial charge is 0.231 e. The summed E-state index contributed by atoms with van der Waals surface area (Å²) in [5.41, 5.74) is 1.48. The fourth-order valence-corrected chi connectivity index (χ4v) is 1.54. The van der Waals surface area contributed by atoms with Gasteiger partial charge in [0, 0.05) is 20.2 Å². The van der Waals surface area contributed by atoms with E-state index in [1.165, 1.54) is 6.26 Å². The van der Waals surface area contributed by atoms with Crippen molar-refractivity contribution in [3.05, 3.63) is 29.5 Å². The summed E-state index contributed by atoms with van der Waals surface area (Å²) in [7, 11) is 1.66. The van der Waals surface area contributed by atoms with Gasteiger partial charge in [-0.25, -0.2) is 4.98 Å². The van der Waals surface area contributed by atoms with Gasteiger partial charge in [0.1, 0.15) is 6.26 Å². The number of nitrogens with one attached hydrogen (secondary N) is 1. The third-order valence-corrected chi connectivity index (χ3v) is 2.48. The van der Waals surface area contributed by atoms with Crippen LogP contribution >= 0.6 is 11.6 Å². The Morgan fingerprint density at radius 3 is 3.06 bits per heavy atom. The number of furan rings is 1. The van der Waals surface area contributed by atoms with E-state index in [0.717, 1.165) is 12.2 Å². The molecule has 0 aromatic carbocycles. The van der Waals surface area contributed by atoms with Crippen molar-refractivity contribution in [3.8, 4) is 11.5 Å². The molecule has 0 spiro atoms. The Morgan fingerprint density at radius 1 is 1.47 bits per heavy atom. The maximum Gasteiger partial charge on any atom is 0.231 e. The number of nitrogens with zero attached hydrogens (tertiary/aromatic N) is 1. The number of halogens is 1. The van der Waals surface area contributed by atoms with Crippen LogP contribution in [0.3, 0.4) is 0 Å². The highest BCUT2D eigenvalue weighted by atomic mass is 35.5. The Labute approximate surface area is 104 Å². The number of ether oxygens (including phenoxy) is 1. The Kier molecular flexibility index (Phi) is 4.19. The molecule has 2 aromatic heterocycles. The molecule has 6 heteroatoms. The zero-order valence-corrected chi connectivity index (χ0v) is 10.2. The van der Waals surface area contributed by atoms with Gasteiger partial charge in [0.15, 0.2) is 0 Å². The molecule has 0 saturated heterocycles. The summed E-state index contributed by atoms with van der Waals surface area (Å²) in [5.74, 6) is 0.465.